The minimum Gasteiger partial charge on any atom is -0.311 e. The summed E-state index contributed by atoms with van der Waals surface area (Å²) in [4.78, 5) is 9.07. The van der Waals surface area contributed by atoms with Crippen molar-refractivity contribution in [3.8, 4) is 10.4 Å². The fourth-order valence-electron chi connectivity index (χ4n) is 13.6. The SMILES string of the molecule is Cc1cc2c3c(c1)N(c1c(C)cccc1C)c1cc(N(c4ccccc4)c4ccc(-c5cc6ccccc6s5)cc4)ccc1B3c1cc3c(cc1N2c1ccc2c(c1)C(C)(C)CCC2(C)C)C(C)(C)CCC3(C)C. The number of para-hydroxylation sites is 2. The molecule has 0 spiro atoms. The van der Waals surface area contributed by atoms with E-state index in [1.165, 1.54) is 129 Å². The molecule has 5 heteroatoms. The summed E-state index contributed by atoms with van der Waals surface area (Å²) in [5.41, 5.74) is 26.4. The first-order valence-corrected chi connectivity index (χ1v) is 27.9. The Morgan fingerprint density at radius 1 is 0.446 bits per heavy atom. The Kier molecular flexibility index (Phi) is 10.5. The van der Waals surface area contributed by atoms with Crippen molar-refractivity contribution in [2.75, 3.05) is 14.7 Å². The molecule has 74 heavy (non-hydrogen) atoms. The number of nitrogens with zero attached hydrogens (tertiary/aromatic N) is 3. The van der Waals surface area contributed by atoms with Crippen LogP contribution in [0.25, 0.3) is 20.5 Å². The maximum absolute atomic E-state index is 2.69. The van der Waals surface area contributed by atoms with Gasteiger partial charge in [-0.25, -0.2) is 0 Å². The lowest BCUT2D eigenvalue weighted by Crippen LogP contribution is -2.62. The van der Waals surface area contributed by atoms with E-state index in [4.69, 9.17) is 0 Å². The molecule has 0 radical (unpaired) electrons. The Morgan fingerprint density at radius 2 is 1.01 bits per heavy atom. The topological polar surface area (TPSA) is 9.72 Å². The summed E-state index contributed by atoms with van der Waals surface area (Å²) in [6, 6.07) is 63.2. The Hall–Kier alpha value is -6.82. The molecule has 2 aliphatic carbocycles. The Morgan fingerprint density at radius 3 is 1.69 bits per heavy atom. The molecule has 0 saturated heterocycles. The van der Waals surface area contributed by atoms with Crippen molar-refractivity contribution in [1.29, 1.82) is 0 Å². The van der Waals surface area contributed by atoms with Gasteiger partial charge in [0, 0.05) is 55.1 Å². The summed E-state index contributed by atoms with van der Waals surface area (Å²) in [5, 5.41) is 1.29. The van der Waals surface area contributed by atoms with Crippen molar-refractivity contribution >= 4 is 95.7 Å². The third-order valence-electron chi connectivity index (χ3n) is 18.0. The molecule has 0 atom stereocenters. The van der Waals surface area contributed by atoms with Gasteiger partial charge in [-0.1, -0.05) is 140 Å². The zero-order chi connectivity index (χ0) is 51.2. The first-order chi connectivity index (χ1) is 35.4. The molecule has 368 valence electrons. The Labute approximate surface area is 444 Å². The van der Waals surface area contributed by atoms with Crippen LogP contribution in [-0.2, 0) is 21.7 Å². The quantitative estimate of drug-likeness (QED) is 0.154. The van der Waals surface area contributed by atoms with Gasteiger partial charge in [-0.3, -0.25) is 0 Å². The van der Waals surface area contributed by atoms with E-state index < -0.39 is 0 Å². The van der Waals surface area contributed by atoms with Crippen molar-refractivity contribution in [2.24, 2.45) is 0 Å². The third kappa shape index (κ3) is 7.27. The van der Waals surface area contributed by atoms with Crippen LogP contribution in [0.4, 0.5) is 51.2 Å². The van der Waals surface area contributed by atoms with Crippen LogP contribution in [-0.4, -0.2) is 6.71 Å². The second-order valence-electron chi connectivity index (χ2n) is 24.9. The number of aryl methyl sites for hydroxylation is 3. The largest absolute Gasteiger partial charge is 0.311 e. The van der Waals surface area contributed by atoms with Crippen LogP contribution in [0.5, 0.6) is 0 Å². The van der Waals surface area contributed by atoms with Crippen LogP contribution < -0.4 is 31.1 Å². The monoisotopic (exact) mass is 982 g/mol. The number of hydrogen-bond acceptors (Lipinski definition) is 4. The second kappa shape index (κ2) is 16.6. The lowest BCUT2D eigenvalue weighted by Gasteiger charge is -2.48. The molecule has 0 unspecified atom stereocenters. The van der Waals surface area contributed by atoms with Crippen LogP contribution in [0, 0.1) is 20.8 Å². The van der Waals surface area contributed by atoms with E-state index in [-0.39, 0.29) is 28.4 Å². The average molecular weight is 982 g/mol. The van der Waals surface area contributed by atoms with E-state index in [1.807, 2.05) is 11.3 Å². The van der Waals surface area contributed by atoms with E-state index in [9.17, 15) is 0 Å². The molecular weight excluding hydrogens is 914 g/mol. The van der Waals surface area contributed by atoms with Gasteiger partial charge in [0.2, 0.25) is 0 Å². The summed E-state index contributed by atoms with van der Waals surface area (Å²) in [6.45, 7) is 26.7. The predicted molar refractivity (Wildman–Crippen MR) is 321 cm³/mol. The molecule has 0 bridgehead atoms. The lowest BCUT2D eigenvalue weighted by molar-refractivity contribution is 0.332. The number of benzene rings is 8. The van der Waals surface area contributed by atoms with E-state index in [0.29, 0.717) is 0 Å². The molecule has 3 nitrogen and oxygen atoms in total. The smallest absolute Gasteiger partial charge is 0.252 e. The molecule has 9 aromatic rings. The van der Waals surface area contributed by atoms with Crippen LogP contribution >= 0.6 is 11.3 Å². The molecule has 2 aliphatic heterocycles. The van der Waals surface area contributed by atoms with Crippen molar-refractivity contribution in [1.82, 2.24) is 0 Å². The average Bonchev–Trinajstić information content (AvgIpc) is 3.82. The van der Waals surface area contributed by atoms with Gasteiger partial charge in [0.1, 0.15) is 0 Å². The number of fused-ring (bicyclic) bond motifs is 7. The van der Waals surface area contributed by atoms with Gasteiger partial charge in [0.15, 0.2) is 0 Å². The van der Waals surface area contributed by atoms with Gasteiger partial charge in [0.05, 0.1) is 5.69 Å². The Balaban J connectivity index is 1.07. The van der Waals surface area contributed by atoms with E-state index in [0.717, 1.165) is 23.5 Å². The molecule has 13 rings (SSSR count). The zero-order valence-corrected chi connectivity index (χ0v) is 46.1. The van der Waals surface area contributed by atoms with Crippen molar-refractivity contribution in [3.63, 3.8) is 0 Å². The summed E-state index contributed by atoms with van der Waals surface area (Å²) < 4.78 is 1.32. The van der Waals surface area contributed by atoms with E-state index in [2.05, 4.69) is 255 Å². The van der Waals surface area contributed by atoms with Gasteiger partial charge in [-0.2, -0.15) is 0 Å². The summed E-state index contributed by atoms with van der Waals surface area (Å²) >= 11 is 1.86. The van der Waals surface area contributed by atoms with Crippen molar-refractivity contribution < 1.29 is 0 Å². The van der Waals surface area contributed by atoms with Gasteiger partial charge < -0.3 is 14.7 Å². The maximum atomic E-state index is 2.69. The molecule has 8 aromatic carbocycles. The number of rotatable bonds is 6. The highest BCUT2D eigenvalue weighted by Gasteiger charge is 2.47. The van der Waals surface area contributed by atoms with E-state index >= 15 is 0 Å². The predicted octanol–water partition coefficient (Wildman–Crippen LogP) is 17.7. The normalized spacial score (nSPS) is 17.3. The fraction of sp³-hybridized carbons (Fsp3) is 0.275. The first-order valence-electron chi connectivity index (χ1n) is 27.1. The summed E-state index contributed by atoms with van der Waals surface area (Å²) in [5.74, 6) is 0. The molecule has 0 fully saturated rings. The highest BCUT2D eigenvalue weighted by atomic mass is 32.1. The summed E-state index contributed by atoms with van der Waals surface area (Å²) in [7, 11) is 0. The summed E-state index contributed by atoms with van der Waals surface area (Å²) in [6.07, 6.45) is 4.70. The Bertz CT molecular complexity index is 3690. The zero-order valence-electron chi connectivity index (χ0n) is 45.2. The highest BCUT2D eigenvalue weighted by Crippen LogP contribution is 2.53. The van der Waals surface area contributed by atoms with Crippen molar-refractivity contribution in [3.05, 3.63) is 203 Å². The van der Waals surface area contributed by atoms with E-state index in [1.54, 1.807) is 0 Å². The highest BCUT2D eigenvalue weighted by molar-refractivity contribution is 7.22. The minimum absolute atomic E-state index is 0.00128. The van der Waals surface area contributed by atoms with Gasteiger partial charge in [-0.05, 0) is 213 Å². The third-order valence-corrected chi connectivity index (χ3v) is 19.2. The molecular formula is C69H68BN3S. The van der Waals surface area contributed by atoms with Crippen molar-refractivity contribution in [2.45, 2.75) is 124 Å². The van der Waals surface area contributed by atoms with Gasteiger partial charge in [0.25, 0.3) is 6.71 Å². The second-order valence-corrected chi connectivity index (χ2v) is 26.0. The van der Waals surface area contributed by atoms with Crippen LogP contribution in [0.2, 0.25) is 0 Å². The van der Waals surface area contributed by atoms with Crippen LogP contribution in [0.3, 0.4) is 0 Å². The number of thiophene rings is 1. The first kappa shape index (κ1) is 46.9. The standard InChI is InChI=1S/C69H68BN3S/c1-43-36-60-64-61(37-43)73(65-44(2)18-17-19-45(65)3)58-40-51(71(48-21-13-12-14-22-48)49-26-24-46(25-27-49)63-38-47-20-15-16-23-62(47)74-63)29-31-56(58)70(64)57-41-54-55(69(10,11)35-34-68(54,8)9)42-59(57)72(60)50-28-30-52-53(39-50)67(6,7)33-32-66(52,4)5/h12-31,36-42H,32-35H2,1-11H3. The molecule has 0 saturated carbocycles. The molecule has 0 N–H and O–H groups in total. The van der Waals surface area contributed by atoms with Gasteiger partial charge in [-0.15, -0.1) is 11.3 Å². The van der Waals surface area contributed by atoms with Crippen LogP contribution in [0.1, 0.15) is 120 Å². The molecule has 1 aromatic heterocycles. The minimum atomic E-state index is 0.00128. The molecule has 3 heterocycles. The molecule has 4 aliphatic rings. The number of anilines is 9. The lowest BCUT2D eigenvalue weighted by atomic mass is 9.33. The number of hydrogen-bond donors (Lipinski definition) is 0. The molecule has 0 amide bonds. The fourth-order valence-corrected chi connectivity index (χ4v) is 14.7. The maximum Gasteiger partial charge on any atom is 0.252 e. The van der Waals surface area contributed by atoms with Gasteiger partial charge >= 0.3 is 0 Å². The van der Waals surface area contributed by atoms with Crippen LogP contribution in [0.15, 0.2) is 164 Å².